The van der Waals surface area contributed by atoms with Gasteiger partial charge in [-0.05, 0) is 48.0 Å². The quantitative estimate of drug-likeness (QED) is 0.671. The van der Waals surface area contributed by atoms with Gasteiger partial charge in [0.25, 0.3) is 0 Å². The van der Waals surface area contributed by atoms with E-state index in [4.69, 9.17) is 5.73 Å². The largest absolute Gasteiger partial charge is 0.398 e. The first-order chi connectivity index (χ1) is 7.54. The first-order valence-electron chi connectivity index (χ1n) is 4.95. The van der Waals surface area contributed by atoms with Gasteiger partial charge in [0.05, 0.1) is 0 Å². The summed E-state index contributed by atoms with van der Waals surface area (Å²) in [6, 6.07) is 5.66. The second-order valence-electron chi connectivity index (χ2n) is 2.99. The maximum atomic E-state index is 9.89. The van der Waals surface area contributed by atoms with Crippen LogP contribution in [0.15, 0.2) is 27.1 Å². The molecule has 16 heavy (non-hydrogen) atoms. The van der Waals surface area contributed by atoms with Crippen molar-refractivity contribution in [2.45, 2.75) is 13.8 Å². The molecule has 5 heteroatoms. The number of nitrogen functional groups attached to an aromatic ring is 1. The molecule has 0 spiro atoms. The minimum atomic E-state index is 0.762. The van der Waals surface area contributed by atoms with Gasteiger partial charge >= 0.3 is 0 Å². The van der Waals surface area contributed by atoms with Gasteiger partial charge in [0, 0.05) is 27.7 Å². The third kappa shape index (κ3) is 6.12. The van der Waals surface area contributed by atoms with E-state index in [9.17, 15) is 4.79 Å². The van der Waals surface area contributed by atoms with Crippen molar-refractivity contribution in [1.82, 2.24) is 4.90 Å². The maximum absolute atomic E-state index is 9.89. The van der Waals surface area contributed by atoms with Gasteiger partial charge in [0.1, 0.15) is 0 Å². The van der Waals surface area contributed by atoms with E-state index in [0.29, 0.717) is 0 Å². The van der Waals surface area contributed by atoms with Crippen LogP contribution in [0, 0.1) is 0 Å². The van der Waals surface area contributed by atoms with Crippen LogP contribution < -0.4 is 5.73 Å². The summed E-state index contributed by atoms with van der Waals surface area (Å²) in [7, 11) is 0. The minimum Gasteiger partial charge on any atom is -0.398 e. The minimum absolute atomic E-state index is 0.762. The second-order valence-corrected chi connectivity index (χ2v) is 4.76. The number of amides is 1. The lowest BCUT2D eigenvalue weighted by Crippen LogP contribution is -2.19. The molecule has 0 bridgehead atoms. The Kier molecular flexibility index (Phi) is 8.29. The number of halogens is 2. The van der Waals surface area contributed by atoms with Crippen LogP contribution >= 0.6 is 31.9 Å². The predicted octanol–water partition coefficient (Wildman–Crippen LogP) is 3.28. The molecule has 0 saturated carbocycles. The van der Waals surface area contributed by atoms with E-state index in [-0.39, 0.29) is 0 Å². The Labute approximate surface area is 113 Å². The van der Waals surface area contributed by atoms with Gasteiger partial charge < -0.3 is 10.6 Å². The van der Waals surface area contributed by atoms with Gasteiger partial charge in [0.2, 0.25) is 6.41 Å². The number of anilines is 1. The molecule has 3 nitrogen and oxygen atoms in total. The van der Waals surface area contributed by atoms with E-state index in [1.807, 2.05) is 32.0 Å². The Bertz CT molecular complexity index is 328. The summed E-state index contributed by atoms with van der Waals surface area (Å²) in [5.41, 5.74) is 6.28. The molecule has 0 unspecified atom stereocenters. The molecule has 1 rings (SSSR count). The Morgan fingerprint density at radius 2 is 1.88 bits per heavy atom. The molecule has 0 atom stereocenters. The molecule has 0 aromatic heterocycles. The van der Waals surface area contributed by atoms with E-state index >= 15 is 0 Å². The summed E-state index contributed by atoms with van der Waals surface area (Å²) in [6.45, 7) is 5.55. The number of carbonyl (C=O) groups is 1. The predicted molar refractivity (Wildman–Crippen MR) is 75.2 cm³/mol. The zero-order valence-electron chi connectivity index (χ0n) is 9.41. The summed E-state index contributed by atoms with van der Waals surface area (Å²) in [5.74, 6) is 0. The molecule has 1 amide bonds. The lowest BCUT2D eigenvalue weighted by Gasteiger charge is -2.08. The third-order valence-electron chi connectivity index (χ3n) is 1.92. The highest BCUT2D eigenvalue weighted by Crippen LogP contribution is 2.22. The van der Waals surface area contributed by atoms with E-state index in [2.05, 4.69) is 31.9 Å². The summed E-state index contributed by atoms with van der Waals surface area (Å²) in [4.78, 5) is 11.6. The van der Waals surface area contributed by atoms with E-state index in [1.54, 1.807) is 4.90 Å². The van der Waals surface area contributed by atoms with Crippen LogP contribution in [0.3, 0.4) is 0 Å². The second kappa shape index (κ2) is 8.58. The van der Waals surface area contributed by atoms with Gasteiger partial charge in [-0.2, -0.15) is 0 Å². The number of nitrogens with zero attached hydrogens (tertiary/aromatic N) is 1. The molecular formula is C11H16Br2N2O. The summed E-state index contributed by atoms with van der Waals surface area (Å²) in [5, 5.41) is 0. The smallest absolute Gasteiger partial charge is 0.209 e. The fraction of sp³-hybridized carbons (Fsp3) is 0.364. The molecule has 0 aliphatic carbocycles. The zero-order valence-corrected chi connectivity index (χ0v) is 12.6. The van der Waals surface area contributed by atoms with Gasteiger partial charge in [-0.15, -0.1) is 0 Å². The highest BCUT2D eigenvalue weighted by Gasteiger charge is 1.92. The zero-order chi connectivity index (χ0) is 12.6. The first kappa shape index (κ1) is 15.4. The monoisotopic (exact) mass is 350 g/mol. The van der Waals surface area contributed by atoms with Crippen LogP contribution in [0.4, 0.5) is 5.69 Å². The van der Waals surface area contributed by atoms with Crippen molar-refractivity contribution in [3.63, 3.8) is 0 Å². The lowest BCUT2D eigenvalue weighted by molar-refractivity contribution is -0.117. The normalized spacial score (nSPS) is 9.00. The topological polar surface area (TPSA) is 46.3 Å². The highest BCUT2D eigenvalue weighted by atomic mass is 79.9. The molecule has 0 saturated heterocycles. The van der Waals surface area contributed by atoms with Gasteiger partial charge in [-0.25, -0.2) is 0 Å². The molecule has 2 N–H and O–H groups in total. The molecular weight excluding hydrogens is 336 g/mol. The number of hydrogen-bond donors (Lipinski definition) is 1. The highest BCUT2D eigenvalue weighted by molar-refractivity contribution is 9.11. The van der Waals surface area contributed by atoms with Gasteiger partial charge in [-0.1, -0.05) is 15.9 Å². The molecule has 0 fully saturated rings. The van der Waals surface area contributed by atoms with Crippen molar-refractivity contribution in [2.24, 2.45) is 0 Å². The Morgan fingerprint density at radius 1 is 1.31 bits per heavy atom. The standard InChI is InChI=1S/C6H5Br2N.C5H11NO/c7-4-1-2-6(9)5(8)3-4;1-3-6(4-2)5-7/h1-3H,9H2;5H,3-4H2,1-2H3. The van der Waals surface area contributed by atoms with Crippen molar-refractivity contribution in [1.29, 1.82) is 0 Å². The summed E-state index contributed by atoms with van der Waals surface area (Å²) in [6.07, 6.45) is 0.861. The molecule has 1 aromatic rings. The Morgan fingerprint density at radius 3 is 2.12 bits per heavy atom. The van der Waals surface area contributed by atoms with Crippen molar-refractivity contribution in [3.05, 3.63) is 27.1 Å². The van der Waals surface area contributed by atoms with Crippen molar-refractivity contribution in [3.8, 4) is 0 Å². The molecule has 0 aliphatic heterocycles. The van der Waals surface area contributed by atoms with Crippen molar-refractivity contribution >= 4 is 44.0 Å². The molecule has 90 valence electrons. The van der Waals surface area contributed by atoms with Crippen LogP contribution in [-0.2, 0) is 4.79 Å². The Hall–Kier alpha value is -0.550. The average Bonchev–Trinajstić information content (AvgIpc) is 2.27. The number of rotatable bonds is 3. The Balaban J connectivity index is 0.000000293. The lowest BCUT2D eigenvalue weighted by atomic mass is 10.3. The number of carbonyl (C=O) groups excluding carboxylic acids is 1. The molecule has 0 radical (unpaired) electrons. The van der Waals surface area contributed by atoms with Crippen LogP contribution in [0.2, 0.25) is 0 Å². The van der Waals surface area contributed by atoms with Crippen LogP contribution in [0.1, 0.15) is 13.8 Å². The van der Waals surface area contributed by atoms with E-state index in [0.717, 1.165) is 34.1 Å². The van der Waals surface area contributed by atoms with Gasteiger partial charge in [0.15, 0.2) is 0 Å². The summed E-state index contributed by atoms with van der Waals surface area (Å²) >= 11 is 6.60. The summed E-state index contributed by atoms with van der Waals surface area (Å²) < 4.78 is 1.96. The first-order valence-corrected chi connectivity index (χ1v) is 6.53. The molecule has 0 aliphatic rings. The fourth-order valence-corrected chi connectivity index (χ4v) is 1.92. The molecule has 0 heterocycles. The third-order valence-corrected chi connectivity index (χ3v) is 3.10. The van der Waals surface area contributed by atoms with Crippen LogP contribution in [0.25, 0.3) is 0 Å². The SMILES string of the molecule is CCN(C=O)CC.Nc1ccc(Br)cc1Br. The average molecular weight is 352 g/mol. The van der Waals surface area contributed by atoms with Crippen LogP contribution in [-0.4, -0.2) is 24.4 Å². The maximum Gasteiger partial charge on any atom is 0.209 e. The number of hydrogen-bond acceptors (Lipinski definition) is 2. The van der Waals surface area contributed by atoms with Crippen molar-refractivity contribution in [2.75, 3.05) is 18.8 Å². The van der Waals surface area contributed by atoms with Crippen molar-refractivity contribution < 1.29 is 4.79 Å². The van der Waals surface area contributed by atoms with Crippen LogP contribution in [0.5, 0.6) is 0 Å². The fourth-order valence-electron chi connectivity index (χ4n) is 0.874. The van der Waals surface area contributed by atoms with E-state index < -0.39 is 0 Å². The van der Waals surface area contributed by atoms with E-state index in [1.165, 1.54) is 0 Å². The number of benzene rings is 1. The number of nitrogens with two attached hydrogens (primary N) is 1. The van der Waals surface area contributed by atoms with Gasteiger partial charge in [-0.3, -0.25) is 4.79 Å². The molecule has 1 aromatic carbocycles.